The van der Waals surface area contributed by atoms with E-state index in [0.717, 1.165) is 31.6 Å². The summed E-state index contributed by atoms with van der Waals surface area (Å²) in [4.78, 5) is 25.0. The standard InChI is InChI=1S/C14H16N4O2/c15-6-5-13(19)17-10-3-4-11(14(16)20)12(9-10)18-7-1-2-8-18/h3-4,9H,1-2,5,7-8H2,(H2,16,20)(H,17,19). The second kappa shape index (κ2) is 6.06. The van der Waals surface area contributed by atoms with Crippen molar-refractivity contribution >= 4 is 23.2 Å². The normalized spacial score (nSPS) is 13.8. The van der Waals surface area contributed by atoms with Crippen molar-refractivity contribution in [2.24, 2.45) is 5.73 Å². The first-order chi connectivity index (χ1) is 9.61. The zero-order valence-electron chi connectivity index (χ0n) is 11.1. The fraction of sp³-hybridized carbons (Fsp3) is 0.357. The topological polar surface area (TPSA) is 99.2 Å². The lowest BCUT2D eigenvalue weighted by Crippen LogP contribution is -2.23. The summed E-state index contributed by atoms with van der Waals surface area (Å²) in [6, 6.07) is 6.76. The number of anilines is 2. The molecule has 1 saturated heterocycles. The molecule has 0 aliphatic carbocycles. The van der Waals surface area contributed by atoms with Gasteiger partial charge in [0.05, 0.1) is 17.3 Å². The maximum absolute atomic E-state index is 11.5. The van der Waals surface area contributed by atoms with Gasteiger partial charge in [-0.05, 0) is 31.0 Å². The zero-order chi connectivity index (χ0) is 14.5. The average molecular weight is 272 g/mol. The molecule has 0 unspecified atom stereocenters. The van der Waals surface area contributed by atoms with Gasteiger partial charge in [-0.15, -0.1) is 0 Å². The molecule has 0 spiro atoms. The van der Waals surface area contributed by atoms with Gasteiger partial charge in [0.25, 0.3) is 5.91 Å². The first kappa shape index (κ1) is 13.9. The highest BCUT2D eigenvalue weighted by Crippen LogP contribution is 2.27. The molecule has 0 radical (unpaired) electrons. The average Bonchev–Trinajstić information content (AvgIpc) is 2.92. The molecule has 6 nitrogen and oxygen atoms in total. The van der Waals surface area contributed by atoms with Gasteiger partial charge in [-0.25, -0.2) is 0 Å². The van der Waals surface area contributed by atoms with Gasteiger partial charge in [0.15, 0.2) is 0 Å². The van der Waals surface area contributed by atoms with Crippen molar-refractivity contribution in [3.8, 4) is 6.07 Å². The Hall–Kier alpha value is -2.55. The van der Waals surface area contributed by atoms with E-state index in [1.807, 2.05) is 0 Å². The van der Waals surface area contributed by atoms with Gasteiger partial charge in [-0.2, -0.15) is 5.26 Å². The lowest BCUT2D eigenvalue weighted by Gasteiger charge is -2.21. The predicted octanol–water partition coefficient (Wildman–Crippen LogP) is 1.24. The second-order valence-corrected chi connectivity index (χ2v) is 4.67. The van der Waals surface area contributed by atoms with Gasteiger partial charge < -0.3 is 16.0 Å². The SMILES string of the molecule is N#CCC(=O)Nc1ccc(C(N)=O)c(N2CCCC2)c1. The van der Waals surface area contributed by atoms with Crippen molar-refractivity contribution in [2.75, 3.05) is 23.3 Å². The number of rotatable bonds is 4. The van der Waals surface area contributed by atoms with Crippen LogP contribution in [0.25, 0.3) is 0 Å². The molecule has 0 atom stereocenters. The molecule has 1 aliphatic heterocycles. The third kappa shape index (κ3) is 3.06. The number of nitrogens with one attached hydrogen (secondary N) is 1. The molecule has 1 fully saturated rings. The van der Waals surface area contributed by atoms with Crippen LogP contribution in [0, 0.1) is 11.3 Å². The molecular formula is C14H16N4O2. The van der Waals surface area contributed by atoms with Crippen LogP contribution in [-0.2, 0) is 4.79 Å². The fourth-order valence-corrected chi connectivity index (χ4v) is 2.31. The van der Waals surface area contributed by atoms with Gasteiger partial charge in [0.1, 0.15) is 6.42 Å². The van der Waals surface area contributed by atoms with Crippen LogP contribution in [0.4, 0.5) is 11.4 Å². The summed E-state index contributed by atoms with van der Waals surface area (Å²) in [5.41, 5.74) is 7.14. The van der Waals surface area contributed by atoms with E-state index in [4.69, 9.17) is 11.0 Å². The molecule has 0 aromatic heterocycles. The molecule has 3 N–H and O–H groups in total. The predicted molar refractivity (Wildman–Crippen MR) is 75.3 cm³/mol. The minimum absolute atomic E-state index is 0.198. The highest BCUT2D eigenvalue weighted by atomic mass is 16.2. The first-order valence-corrected chi connectivity index (χ1v) is 6.47. The van der Waals surface area contributed by atoms with Crippen molar-refractivity contribution < 1.29 is 9.59 Å². The minimum Gasteiger partial charge on any atom is -0.371 e. The number of nitrogens with two attached hydrogens (primary N) is 1. The molecule has 1 heterocycles. The van der Waals surface area contributed by atoms with Crippen molar-refractivity contribution in [3.05, 3.63) is 23.8 Å². The Morgan fingerprint density at radius 2 is 2.05 bits per heavy atom. The lowest BCUT2D eigenvalue weighted by atomic mass is 10.1. The highest BCUT2D eigenvalue weighted by Gasteiger charge is 2.19. The Bertz CT molecular complexity index is 571. The van der Waals surface area contributed by atoms with Crippen LogP contribution in [-0.4, -0.2) is 24.9 Å². The van der Waals surface area contributed by atoms with Crippen molar-refractivity contribution in [1.82, 2.24) is 0 Å². The van der Waals surface area contributed by atoms with E-state index in [1.54, 1.807) is 24.3 Å². The molecule has 1 aliphatic rings. The van der Waals surface area contributed by atoms with E-state index in [9.17, 15) is 9.59 Å². The van der Waals surface area contributed by atoms with Gasteiger partial charge in [-0.1, -0.05) is 0 Å². The molecule has 20 heavy (non-hydrogen) atoms. The second-order valence-electron chi connectivity index (χ2n) is 4.67. The summed E-state index contributed by atoms with van der Waals surface area (Å²) in [6.45, 7) is 1.74. The summed E-state index contributed by atoms with van der Waals surface area (Å²) in [7, 11) is 0. The number of carbonyl (C=O) groups excluding carboxylic acids is 2. The third-order valence-corrected chi connectivity index (χ3v) is 3.23. The van der Waals surface area contributed by atoms with Crippen LogP contribution in [0.3, 0.4) is 0 Å². The van der Waals surface area contributed by atoms with Crippen molar-refractivity contribution in [3.63, 3.8) is 0 Å². The Morgan fingerprint density at radius 3 is 2.65 bits per heavy atom. The number of carbonyl (C=O) groups is 2. The van der Waals surface area contributed by atoms with Gasteiger partial charge in [-0.3, -0.25) is 9.59 Å². The Morgan fingerprint density at radius 1 is 1.35 bits per heavy atom. The summed E-state index contributed by atoms with van der Waals surface area (Å²) in [6.07, 6.45) is 1.95. The fourth-order valence-electron chi connectivity index (χ4n) is 2.31. The number of nitrogens with zero attached hydrogens (tertiary/aromatic N) is 2. The molecule has 6 heteroatoms. The first-order valence-electron chi connectivity index (χ1n) is 6.47. The quantitative estimate of drug-likeness (QED) is 0.861. The van der Waals surface area contributed by atoms with E-state index in [0.29, 0.717) is 11.3 Å². The van der Waals surface area contributed by atoms with E-state index in [2.05, 4.69) is 10.2 Å². The number of hydrogen-bond acceptors (Lipinski definition) is 4. The van der Waals surface area contributed by atoms with Crippen LogP contribution in [0.1, 0.15) is 29.6 Å². The van der Waals surface area contributed by atoms with Crippen LogP contribution in [0.2, 0.25) is 0 Å². The molecule has 2 rings (SSSR count). The van der Waals surface area contributed by atoms with Gasteiger partial charge >= 0.3 is 0 Å². The van der Waals surface area contributed by atoms with Crippen molar-refractivity contribution in [1.29, 1.82) is 5.26 Å². The Balaban J connectivity index is 2.28. The van der Waals surface area contributed by atoms with Crippen LogP contribution in [0.5, 0.6) is 0 Å². The van der Waals surface area contributed by atoms with E-state index in [-0.39, 0.29) is 12.3 Å². The molecule has 1 aromatic rings. The monoisotopic (exact) mass is 272 g/mol. The van der Waals surface area contributed by atoms with Crippen LogP contribution in [0.15, 0.2) is 18.2 Å². The lowest BCUT2D eigenvalue weighted by molar-refractivity contribution is -0.115. The van der Waals surface area contributed by atoms with E-state index in [1.165, 1.54) is 0 Å². The number of primary amides is 1. The van der Waals surface area contributed by atoms with Crippen molar-refractivity contribution in [2.45, 2.75) is 19.3 Å². The Labute approximate surface area is 117 Å². The number of amides is 2. The van der Waals surface area contributed by atoms with E-state index >= 15 is 0 Å². The highest BCUT2D eigenvalue weighted by molar-refractivity contribution is 6.00. The van der Waals surface area contributed by atoms with E-state index < -0.39 is 5.91 Å². The summed E-state index contributed by atoms with van der Waals surface area (Å²) < 4.78 is 0. The summed E-state index contributed by atoms with van der Waals surface area (Å²) in [5, 5.41) is 11.1. The summed E-state index contributed by atoms with van der Waals surface area (Å²) in [5.74, 6) is -0.853. The third-order valence-electron chi connectivity index (χ3n) is 3.23. The Kier molecular flexibility index (Phi) is 4.20. The number of nitriles is 1. The largest absolute Gasteiger partial charge is 0.371 e. The molecule has 0 saturated carbocycles. The smallest absolute Gasteiger partial charge is 0.250 e. The van der Waals surface area contributed by atoms with Gasteiger partial charge in [0.2, 0.25) is 5.91 Å². The molecular weight excluding hydrogens is 256 g/mol. The number of hydrogen-bond donors (Lipinski definition) is 2. The maximum atomic E-state index is 11.5. The zero-order valence-corrected chi connectivity index (χ0v) is 11.1. The van der Waals surface area contributed by atoms with Gasteiger partial charge in [0, 0.05) is 18.8 Å². The van der Waals surface area contributed by atoms with Crippen LogP contribution < -0.4 is 16.0 Å². The maximum Gasteiger partial charge on any atom is 0.250 e. The molecule has 2 amide bonds. The molecule has 0 bridgehead atoms. The summed E-state index contributed by atoms with van der Waals surface area (Å²) >= 11 is 0. The molecule has 1 aromatic carbocycles. The minimum atomic E-state index is -0.484. The van der Waals surface area contributed by atoms with Crippen LogP contribution >= 0.6 is 0 Å². The molecule has 104 valence electrons. The number of benzene rings is 1.